The smallest absolute Gasteiger partial charge is 0.222 e. The number of hydrogen-bond donors (Lipinski definition) is 1. The molecule has 0 aromatic rings. The van der Waals surface area contributed by atoms with Crippen molar-refractivity contribution in [2.24, 2.45) is 5.92 Å². The molecule has 2 unspecified atom stereocenters. The molecule has 0 aromatic heterocycles. The van der Waals surface area contributed by atoms with E-state index in [0.29, 0.717) is 17.9 Å². The van der Waals surface area contributed by atoms with E-state index in [1.165, 1.54) is 0 Å². The van der Waals surface area contributed by atoms with E-state index in [4.69, 9.17) is 0 Å². The summed E-state index contributed by atoms with van der Waals surface area (Å²) in [6.45, 7) is 6.17. The van der Waals surface area contributed by atoms with E-state index in [1.807, 2.05) is 11.9 Å². The van der Waals surface area contributed by atoms with E-state index < -0.39 is 0 Å². The number of rotatable bonds is 3. The summed E-state index contributed by atoms with van der Waals surface area (Å²) in [4.78, 5) is 13.8. The van der Waals surface area contributed by atoms with Crippen molar-refractivity contribution in [3.05, 3.63) is 0 Å². The molecule has 0 aliphatic carbocycles. The van der Waals surface area contributed by atoms with Crippen LogP contribution in [-0.4, -0.2) is 37.0 Å². The standard InChI is InChI=1S/C11H22N2O/c1-9-4-5-11(14)13(7-6-9)10(2)8-12-3/h9-10,12H,4-8H2,1-3H3. The topological polar surface area (TPSA) is 32.3 Å². The van der Waals surface area contributed by atoms with Crippen LogP contribution in [0.5, 0.6) is 0 Å². The zero-order chi connectivity index (χ0) is 10.6. The van der Waals surface area contributed by atoms with E-state index in [2.05, 4.69) is 19.2 Å². The van der Waals surface area contributed by atoms with Gasteiger partial charge in [0.05, 0.1) is 0 Å². The first-order valence-electron chi connectivity index (χ1n) is 5.59. The second kappa shape index (κ2) is 5.35. The average molecular weight is 198 g/mol. The first kappa shape index (κ1) is 11.5. The van der Waals surface area contributed by atoms with E-state index in [9.17, 15) is 4.79 Å². The minimum atomic E-state index is 0.331. The number of carbonyl (C=O) groups excluding carboxylic acids is 1. The van der Waals surface area contributed by atoms with Crippen LogP contribution in [-0.2, 0) is 4.79 Å². The predicted octanol–water partition coefficient (Wildman–Crippen LogP) is 1.24. The molecule has 3 nitrogen and oxygen atoms in total. The molecule has 1 aliphatic rings. The number of hydrogen-bond acceptors (Lipinski definition) is 2. The summed E-state index contributed by atoms with van der Waals surface area (Å²) in [5, 5.41) is 3.12. The first-order valence-corrected chi connectivity index (χ1v) is 5.59. The minimum Gasteiger partial charge on any atom is -0.339 e. The normalized spacial score (nSPS) is 26.1. The molecule has 0 radical (unpaired) electrons. The Balaban J connectivity index is 2.53. The summed E-state index contributed by atoms with van der Waals surface area (Å²) in [5.74, 6) is 1.03. The monoisotopic (exact) mass is 198 g/mol. The molecule has 3 heteroatoms. The maximum atomic E-state index is 11.8. The molecule has 0 saturated carbocycles. The zero-order valence-corrected chi connectivity index (χ0v) is 9.55. The Kier molecular flexibility index (Phi) is 4.39. The summed E-state index contributed by atoms with van der Waals surface area (Å²) >= 11 is 0. The van der Waals surface area contributed by atoms with Gasteiger partial charge >= 0.3 is 0 Å². The van der Waals surface area contributed by atoms with Crippen LogP contribution in [0.3, 0.4) is 0 Å². The third kappa shape index (κ3) is 2.98. The summed E-state index contributed by atoms with van der Waals surface area (Å²) in [6.07, 6.45) is 2.94. The van der Waals surface area contributed by atoms with Crippen LogP contribution in [0.15, 0.2) is 0 Å². The summed E-state index contributed by atoms with van der Waals surface area (Å²) < 4.78 is 0. The Morgan fingerprint density at radius 1 is 1.57 bits per heavy atom. The van der Waals surface area contributed by atoms with Gasteiger partial charge in [0, 0.05) is 25.6 Å². The van der Waals surface area contributed by atoms with Crippen molar-refractivity contribution in [3.63, 3.8) is 0 Å². The molecule has 0 bridgehead atoms. The molecule has 1 rings (SSSR count). The second-order valence-corrected chi connectivity index (χ2v) is 4.43. The van der Waals surface area contributed by atoms with Gasteiger partial charge in [0.2, 0.25) is 5.91 Å². The van der Waals surface area contributed by atoms with Gasteiger partial charge in [-0.3, -0.25) is 4.79 Å². The quantitative estimate of drug-likeness (QED) is 0.740. The highest BCUT2D eigenvalue weighted by atomic mass is 16.2. The van der Waals surface area contributed by atoms with Crippen LogP contribution in [0.1, 0.15) is 33.1 Å². The van der Waals surface area contributed by atoms with Crippen molar-refractivity contribution < 1.29 is 4.79 Å². The molecule has 1 aliphatic heterocycles. The molecule has 1 amide bonds. The third-order valence-corrected chi connectivity index (χ3v) is 3.07. The lowest BCUT2D eigenvalue weighted by Gasteiger charge is -2.27. The Morgan fingerprint density at radius 3 is 2.93 bits per heavy atom. The molecule has 2 atom stereocenters. The third-order valence-electron chi connectivity index (χ3n) is 3.07. The summed E-state index contributed by atoms with van der Waals surface area (Å²) in [5.41, 5.74) is 0. The van der Waals surface area contributed by atoms with Crippen LogP contribution in [0.25, 0.3) is 0 Å². The van der Waals surface area contributed by atoms with Gasteiger partial charge in [-0.1, -0.05) is 6.92 Å². The maximum absolute atomic E-state index is 11.8. The Labute approximate surface area is 86.9 Å². The lowest BCUT2D eigenvalue weighted by molar-refractivity contribution is -0.132. The first-order chi connectivity index (χ1) is 6.65. The average Bonchev–Trinajstić information content (AvgIpc) is 2.30. The maximum Gasteiger partial charge on any atom is 0.222 e. The van der Waals surface area contributed by atoms with Gasteiger partial charge in [-0.25, -0.2) is 0 Å². The van der Waals surface area contributed by atoms with Crippen LogP contribution >= 0.6 is 0 Å². The highest BCUT2D eigenvalue weighted by Gasteiger charge is 2.23. The van der Waals surface area contributed by atoms with Crippen molar-refractivity contribution in [2.45, 2.75) is 39.2 Å². The SMILES string of the molecule is CNCC(C)N1CCC(C)CCC1=O. The van der Waals surface area contributed by atoms with Gasteiger partial charge < -0.3 is 10.2 Å². The molecular weight excluding hydrogens is 176 g/mol. The van der Waals surface area contributed by atoms with E-state index >= 15 is 0 Å². The number of amides is 1. The van der Waals surface area contributed by atoms with Crippen LogP contribution in [0, 0.1) is 5.92 Å². The largest absolute Gasteiger partial charge is 0.339 e. The minimum absolute atomic E-state index is 0.331. The predicted molar refractivity (Wildman–Crippen MR) is 58.1 cm³/mol. The molecule has 1 N–H and O–H groups in total. The number of carbonyl (C=O) groups is 1. The molecule has 1 heterocycles. The molecule has 14 heavy (non-hydrogen) atoms. The van der Waals surface area contributed by atoms with Crippen LogP contribution < -0.4 is 5.32 Å². The Bertz CT molecular complexity index is 194. The van der Waals surface area contributed by atoms with Gasteiger partial charge in [0.15, 0.2) is 0 Å². The molecule has 0 aromatic carbocycles. The zero-order valence-electron chi connectivity index (χ0n) is 9.55. The number of nitrogens with zero attached hydrogens (tertiary/aromatic N) is 1. The number of likely N-dealkylation sites (N-methyl/N-ethyl adjacent to an activating group) is 1. The molecule has 0 spiro atoms. The van der Waals surface area contributed by atoms with Crippen molar-refractivity contribution in [1.29, 1.82) is 0 Å². The molecule has 82 valence electrons. The summed E-state index contributed by atoms with van der Waals surface area (Å²) in [7, 11) is 1.93. The number of nitrogens with one attached hydrogen (secondary N) is 1. The lowest BCUT2D eigenvalue weighted by atomic mass is 10.0. The molecule has 1 fully saturated rings. The van der Waals surface area contributed by atoms with Crippen molar-refractivity contribution in [2.75, 3.05) is 20.1 Å². The molecule has 1 saturated heterocycles. The highest BCUT2D eigenvalue weighted by Crippen LogP contribution is 2.18. The Morgan fingerprint density at radius 2 is 2.29 bits per heavy atom. The lowest BCUT2D eigenvalue weighted by Crippen LogP contribution is -2.43. The van der Waals surface area contributed by atoms with Crippen LogP contribution in [0.2, 0.25) is 0 Å². The fourth-order valence-electron chi connectivity index (χ4n) is 2.01. The van der Waals surface area contributed by atoms with E-state index in [0.717, 1.165) is 32.4 Å². The fourth-order valence-corrected chi connectivity index (χ4v) is 2.01. The number of likely N-dealkylation sites (tertiary alicyclic amines) is 1. The van der Waals surface area contributed by atoms with Crippen molar-refractivity contribution in [3.8, 4) is 0 Å². The Hall–Kier alpha value is -0.570. The van der Waals surface area contributed by atoms with Crippen LogP contribution in [0.4, 0.5) is 0 Å². The van der Waals surface area contributed by atoms with Crippen molar-refractivity contribution in [1.82, 2.24) is 10.2 Å². The van der Waals surface area contributed by atoms with Gasteiger partial charge in [0.1, 0.15) is 0 Å². The van der Waals surface area contributed by atoms with E-state index in [-0.39, 0.29) is 0 Å². The highest BCUT2D eigenvalue weighted by molar-refractivity contribution is 5.76. The van der Waals surface area contributed by atoms with Gasteiger partial charge in [-0.05, 0) is 32.7 Å². The van der Waals surface area contributed by atoms with E-state index in [1.54, 1.807) is 0 Å². The van der Waals surface area contributed by atoms with Crippen molar-refractivity contribution >= 4 is 5.91 Å². The second-order valence-electron chi connectivity index (χ2n) is 4.43. The molecular formula is C11H22N2O. The van der Waals surface area contributed by atoms with Gasteiger partial charge in [0.25, 0.3) is 0 Å². The van der Waals surface area contributed by atoms with Gasteiger partial charge in [-0.15, -0.1) is 0 Å². The fraction of sp³-hybridized carbons (Fsp3) is 0.909. The van der Waals surface area contributed by atoms with Gasteiger partial charge in [-0.2, -0.15) is 0 Å². The summed E-state index contributed by atoms with van der Waals surface area (Å²) in [6, 6.07) is 0.331.